The molecule has 16 heteroatoms. The summed E-state index contributed by atoms with van der Waals surface area (Å²) < 4.78 is 28.1. The van der Waals surface area contributed by atoms with E-state index >= 15 is 0 Å². The van der Waals surface area contributed by atoms with Gasteiger partial charge in [0.2, 0.25) is 6.29 Å². The molecule has 1 aromatic heterocycles. The second-order valence-electron chi connectivity index (χ2n) is 10.1. The fraction of sp³-hybridized carbons (Fsp3) is 0.444. The first-order chi connectivity index (χ1) is 20.4. The van der Waals surface area contributed by atoms with E-state index in [1.54, 1.807) is 0 Å². The lowest BCUT2D eigenvalue weighted by molar-refractivity contribution is -0.357. The largest absolute Gasteiger partial charge is 0.507 e. The number of hydrogen-bond acceptors (Lipinski definition) is 16. The molecular formula is C27H30O16. The summed E-state index contributed by atoms with van der Waals surface area (Å²) in [5, 5.41) is 101. The topological polar surface area (TPSA) is 269 Å². The van der Waals surface area contributed by atoms with Crippen LogP contribution in [0.25, 0.3) is 22.3 Å². The van der Waals surface area contributed by atoms with E-state index in [-0.39, 0.29) is 28.0 Å². The van der Waals surface area contributed by atoms with Gasteiger partial charge in [0.1, 0.15) is 71.0 Å². The Morgan fingerprint density at radius 2 is 1.35 bits per heavy atom. The lowest BCUT2D eigenvalue weighted by Gasteiger charge is -2.45. The van der Waals surface area contributed by atoms with Crippen molar-refractivity contribution in [3.63, 3.8) is 0 Å². The predicted octanol–water partition coefficient (Wildman–Crippen LogP) is -2.42. The van der Waals surface area contributed by atoms with E-state index in [4.69, 9.17) is 23.4 Å². The minimum Gasteiger partial charge on any atom is -0.507 e. The van der Waals surface area contributed by atoms with Gasteiger partial charge in [-0.1, -0.05) is 0 Å². The smallest absolute Gasteiger partial charge is 0.229 e. The molecule has 0 amide bonds. The summed E-state index contributed by atoms with van der Waals surface area (Å²) in [6.45, 7) is -1.54. The molecule has 0 aliphatic carbocycles. The van der Waals surface area contributed by atoms with Gasteiger partial charge in [-0.2, -0.15) is 0 Å². The molecule has 16 nitrogen and oxygen atoms in total. The molecule has 43 heavy (non-hydrogen) atoms. The van der Waals surface area contributed by atoms with E-state index in [2.05, 4.69) is 0 Å². The van der Waals surface area contributed by atoms with Crippen molar-refractivity contribution < 1.29 is 74.4 Å². The van der Waals surface area contributed by atoms with Crippen molar-refractivity contribution in [3.05, 3.63) is 46.6 Å². The van der Waals surface area contributed by atoms with E-state index in [9.17, 15) is 55.9 Å². The van der Waals surface area contributed by atoms with Gasteiger partial charge in [-0.05, 0) is 18.2 Å². The number of phenolic OH excluding ortho intramolecular Hbond substituents is 3. The number of benzene rings is 2. The molecule has 2 aromatic carbocycles. The summed E-state index contributed by atoms with van der Waals surface area (Å²) >= 11 is 0. The highest BCUT2D eigenvalue weighted by Crippen LogP contribution is 2.36. The molecule has 234 valence electrons. The molecule has 2 saturated heterocycles. The number of rotatable bonds is 7. The van der Waals surface area contributed by atoms with Gasteiger partial charge in [-0.15, -0.1) is 0 Å². The Balaban J connectivity index is 1.48. The number of fused-ring (bicyclic) bond motifs is 1. The van der Waals surface area contributed by atoms with E-state index in [1.165, 1.54) is 18.2 Å². The molecule has 0 unspecified atom stereocenters. The van der Waals surface area contributed by atoms with Crippen LogP contribution in [0.5, 0.6) is 23.0 Å². The molecule has 2 aliphatic rings. The highest BCUT2D eigenvalue weighted by atomic mass is 16.8. The molecule has 3 aromatic rings. The van der Waals surface area contributed by atoms with Crippen LogP contribution >= 0.6 is 0 Å². The number of ether oxygens (including phenoxy) is 4. The standard InChI is InChI=1S/C27H30O16/c28-7-17-20(34)22(36)24(38)26(41-17)43-25-23(37)21(35)18(8-29)42-27(25)39-10-4-13(32)19-14(33)6-15(40-16(19)5-10)9-1-2-11(30)12(31)3-9/h1-6,17-18,20-32,34-38H,7-8H2/t17-,18-,20-,21-,22-,23+,24-,25-,26+,27-/m1/s1. The van der Waals surface area contributed by atoms with Gasteiger partial charge < -0.3 is 74.4 Å². The molecule has 3 heterocycles. The number of aromatic hydroxyl groups is 3. The zero-order valence-electron chi connectivity index (χ0n) is 22.1. The van der Waals surface area contributed by atoms with Gasteiger partial charge in [0.25, 0.3) is 0 Å². The van der Waals surface area contributed by atoms with Crippen molar-refractivity contribution >= 4 is 11.0 Å². The molecule has 2 fully saturated rings. The van der Waals surface area contributed by atoms with Crippen LogP contribution in [-0.4, -0.2) is 126 Å². The molecule has 0 saturated carbocycles. The highest BCUT2D eigenvalue weighted by molar-refractivity contribution is 5.86. The van der Waals surface area contributed by atoms with E-state index in [0.717, 1.165) is 18.2 Å². The van der Waals surface area contributed by atoms with Crippen LogP contribution in [0.1, 0.15) is 0 Å². The summed E-state index contributed by atoms with van der Waals surface area (Å²) in [6, 6.07) is 6.97. The van der Waals surface area contributed by atoms with Gasteiger partial charge in [-0.25, -0.2) is 0 Å². The first-order valence-corrected chi connectivity index (χ1v) is 13.0. The zero-order valence-corrected chi connectivity index (χ0v) is 22.1. The van der Waals surface area contributed by atoms with Crippen LogP contribution in [0, 0.1) is 0 Å². The van der Waals surface area contributed by atoms with Crippen LogP contribution < -0.4 is 10.2 Å². The SMILES string of the molecule is O=c1cc(-c2ccc(O)c(O)c2)oc2cc(O[C@@H]3O[C@H](CO)[C@@H](O)[C@H](O)[C@H]3O[C@@H]3O[C@H](CO)[C@@H](O)[C@@H](O)[C@H]3O)cc(O)c12. The molecule has 10 atom stereocenters. The molecule has 0 bridgehead atoms. The van der Waals surface area contributed by atoms with Crippen LogP contribution in [0.4, 0.5) is 0 Å². The van der Waals surface area contributed by atoms with Crippen LogP contribution in [0.15, 0.2) is 45.6 Å². The van der Waals surface area contributed by atoms with Crippen LogP contribution in [-0.2, 0) is 14.2 Å². The van der Waals surface area contributed by atoms with Crippen molar-refractivity contribution in [1.82, 2.24) is 0 Å². The maximum Gasteiger partial charge on any atom is 0.229 e. The molecule has 5 rings (SSSR count). The van der Waals surface area contributed by atoms with Gasteiger partial charge >= 0.3 is 0 Å². The second-order valence-corrected chi connectivity index (χ2v) is 10.1. The number of aliphatic hydroxyl groups is 7. The monoisotopic (exact) mass is 610 g/mol. The lowest BCUT2D eigenvalue weighted by Crippen LogP contribution is -2.65. The Bertz CT molecular complexity index is 1510. The van der Waals surface area contributed by atoms with Crippen LogP contribution in [0.3, 0.4) is 0 Å². The highest BCUT2D eigenvalue weighted by Gasteiger charge is 2.51. The quantitative estimate of drug-likeness (QED) is 0.125. The first kappa shape index (κ1) is 30.9. The summed E-state index contributed by atoms with van der Waals surface area (Å²) in [6.07, 6.45) is -16.9. The van der Waals surface area contributed by atoms with Crippen LogP contribution in [0.2, 0.25) is 0 Å². The molecule has 0 radical (unpaired) electrons. The van der Waals surface area contributed by atoms with E-state index in [0.29, 0.717) is 0 Å². The summed E-state index contributed by atoms with van der Waals surface area (Å²) in [7, 11) is 0. The molecule has 2 aliphatic heterocycles. The minimum absolute atomic E-state index is 0.0408. The average Bonchev–Trinajstić information content (AvgIpc) is 2.97. The Hall–Kier alpha value is -3.55. The number of hydrogen-bond donors (Lipinski definition) is 10. The lowest BCUT2D eigenvalue weighted by atomic mass is 9.97. The van der Waals surface area contributed by atoms with Crippen molar-refractivity contribution in [3.8, 4) is 34.3 Å². The van der Waals surface area contributed by atoms with E-state index in [1.807, 2.05) is 0 Å². The minimum atomic E-state index is -1.88. The fourth-order valence-electron chi connectivity index (χ4n) is 4.90. The molecule has 10 N–H and O–H groups in total. The average molecular weight is 611 g/mol. The molecule has 0 spiro atoms. The first-order valence-electron chi connectivity index (χ1n) is 13.0. The summed E-state index contributed by atoms with van der Waals surface area (Å²) in [5.41, 5.74) is -0.636. The van der Waals surface area contributed by atoms with Gasteiger partial charge in [0.15, 0.2) is 29.3 Å². The number of aliphatic hydroxyl groups excluding tert-OH is 7. The Kier molecular flexibility index (Phi) is 8.77. The third-order valence-corrected chi connectivity index (χ3v) is 7.26. The second kappa shape index (κ2) is 12.2. The third-order valence-electron chi connectivity index (χ3n) is 7.26. The maximum absolute atomic E-state index is 12.8. The van der Waals surface area contributed by atoms with Crippen molar-refractivity contribution in [1.29, 1.82) is 0 Å². The summed E-state index contributed by atoms with van der Waals surface area (Å²) in [5.74, 6) is -1.71. The van der Waals surface area contributed by atoms with Gasteiger partial charge in [0.05, 0.1) is 13.2 Å². The van der Waals surface area contributed by atoms with Gasteiger partial charge in [0, 0.05) is 23.8 Å². The van der Waals surface area contributed by atoms with Crippen molar-refractivity contribution in [2.75, 3.05) is 13.2 Å². The fourth-order valence-corrected chi connectivity index (χ4v) is 4.90. The van der Waals surface area contributed by atoms with Crippen molar-refractivity contribution in [2.24, 2.45) is 0 Å². The third kappa shape index (κ3) is 5.85. The zero-order chi connectivity index (χ0) is 31.2. The van der Waals surface area contributed by atoms with Crippen molar-refractivity contribution in [2.45, 2.75) is 61.4 Å². The van der Waals surface area contributed by atoms with Gasteiger partial charge in [-0.3, -0.25) is 4.79 Å². The maximum atomic E-state index is 12.8. The Morgan fingerprint density at radius 1 is 0.698 bits per heavy atom. The van der Waals surface area contributed by atoms with E-state index < -0.39 is 97.3 Å². The predicted molar refractivity (Wildman–Crippen MR) is 140 cm³/mol. The normalized spacial score (nSPS) is 33.0. The Labute approximate surface area is 241 Å². The number of phenols is 3. The Morgan fingerprint density at radius 3 is 2.00 bits per heavy atom. The summed E-state index contributed by atoms with van der Waals surface area (Å²) in [4.78, 5) is 12.8. The molecular weight excluding hydrogens is 580 g/mol.